The van der Waals surface area contributed by atoms with Crippen molar-refractivity contribution in [1.82, 2.24) is 5.06 Å². The fourth-order valence-electron chi connectivity index (χ4n) is 1.21. The summed E-state index contributed by atoms with van der Waals surface area (Å²) in [6, 6.07) is 0. The first-order valence-corrected chi connectivity index (χ1v) is 4.00. The van der Waals surface area contributed by atoms with E-state index in [1.807, 2.05) is 0 Å². The van der Waals surface area contributed by atoms with E-state index in [4.69, 9.17) is 14.7 Å². The molecule has 3 N–H and O–H groups in total. The Balaban J connectivity index is 2.58. The van der Waals surface area contributed by atoms with E-state index in [0.717, 1.165) is 0 Å². The predicted octanol–water partition coefficient (Wildman–Crippen LogP) is -2.08. The van der Waals surface area contributed by atoms with Gasteiger partial charge in [-0.05, 0) is 0 Å². The molecule has 1 fully saturated rings. The topological polar surface area (TPSA) is 82.4 Å². The molecule has 0 aromatic rings. The molecule has 1 aliphatic rings. The summed E-state index contributed by atoms with van der Waals surface area (Å²) in [7, 11) is 2.99. The lowest BCUT2D eigenvalue weighted by Crippen LogP contribution is -2.57. The van der Waals surface area contributed by atoms with Crippen molar-refractivity contribution in [3.8, 4) is 0 Å². The Bertz CT molecular complexity index is 167. The summed E-state index contributed by atoms with van der Waals surface area (Å²) >= 11 is 0. The van der Waals surface area contributed by atoms with Crippen molar-refractivity contribution in [3.05, 3.63) is 0 Å². The van der Waals surface area contributed by atoms with E-state index in [1.54, 1.807) is 7.05 Å². The van der Waals surface area contributed by atoms with Crippen LogP contribution in [0.2, 0.25) is 0 Å². The van der Waals surface area contributed by atoms with Crippen LogP contribution in [0.5, 0.6) is 0 Å². The van der Waals surface area contributed by atoms with Crippen LogP contribution in [0.15, 0.2) is 0 Å². The fourth-order valence-corrected chi connectivity index (χ4v) is 1.21. The van der Waals surface area contributed by atoms with Crippen LogP contribution in [0.1, 0.15) is 0 Å². The van der Waals surface area contributed by atoms with Crippen LogP contribution >= 0.6 is 0 Å². The molecule has 0 aromatic carbocycles. The standard InChI is InChI=1S/C7H15NO5/c1-8(12-2)7-6(11)5(10)4(9)3-13-7/h4-7,9-11H,3H2,1-2H3/t4-,5?,6?,7+/m0/s1. The monoisotopic (exact) mass is 193 g/mol. The van der Waals surface area contributed by atoms with Crippen LogP contribution in [0.25, 0.3) is 0 Å². The number of aliphatic hydroxyl groups excluding tert-OH is 3. The minimum atomic E-state index is -1.20. The molecule has 1 aliphatic heterocycles. The van der Waals surface area contributed by atoms with E-state index in [-0.39, 0.29) is 6.61 Å². The lowest BCUT2D eigenvalue weighted by atomic mass is 10.0. The molecule has 1 heterocycles. The van der Waals surface area contributed by atoms with Crippen molar-refractivity contribution in [2.45, 2.75) is 24.5 Å². The van der Waals surface area contributed by atoms with Gasteiger partial charge in [-0.3, -0.25) is 4.84 Å². The molecule has 0 saturated carbocycles. The minimum Gasteiger partial charge on any atom is -0.388 e. The van der Waals surface area contributed by atoms with Crippen LogP contribution in [-0.2, 0) is 9.57 Å². The molecular weight excluding hydrogens is 178 g/mol. The molecule has 0 bridgehead atoms. The summed E-state index contributed by atoms with van der Waals surface area (Å²) in [5.41, 5.74) is 0. The summed E-state index contributed by atoms with van der Waals surface area (Å²) in [6.45, 7) is -0.0173. The third kappa shape index (κ3) is 2.16. The van der Waals surface area contributed by atoms with Crippen LogP contribution in [0, 0.1) is 0 Å². The molecule has 13 heavy (non-hydrogen) atoms. The van der Waals surface area contributed by atoms with E-state index in [2.05, 4.69) is 0 Å². The molecule has 0 amide bonds. The highest BCUT2D eigenvalue weighted by Gasteiger charge is 2.39. The number of nitrogens with zero attached hydrogens (tertiary/aromatic N) is 1. The van der Waals surface area contributed by atoms with Gasteiger partial charge in [-0.1, -0.05) is 0 Å². The fraction of sp³-hybridized carbons (Fsp3) is 1.00. The number of ether oxygens (including phenoxy) is 1. The molecule has 0 spiro atoms. The molecule has 0 aliphatic carbocycles. The maximum Gasteiger partial charge on any atom is 0.161 e. The summed E-state index contributed by atoms with van der Waals surface area (Å²) < 4.78 is 5.07. The predicted molar refractivity (Wildman–Crippen MR) is 42.5 cm³/mol. The summed E-state index contributed by atoms with van der Waals surface area (Å²) in [5, 5.41) is 29.2. The zero-order valence-corrected chi connectivity index (χ0v) is 7.62. The molecule has 78 valence electrons. The van der Waals surface area contributed by atoms with Crippen molar-refractivity contribution in [1.29, 1.82) is 0 Å². The van der Waals surface area contributed by atoms with Crippen molar-refractivity contribution in [3.63, 3.8) is 0 Å². The van der Waals surface area contributed by atoms with E-state index in [9.17, 15) is 10.2 Å². The van der Waals surface area contributed by atoms with Gasteiger partial charge in [0.05, 0.1) is 13.7 Å². The molecule has 6 heteroatoms. The molecule has 1 rings (SSSR count). The third-order valence-corrected chi connectivity index (χ3v) is 2.12. The Hall–Kier alpha value is -0.240. The van der Waals surface area contributed by atoms with Gasteiger partial charge >= 0.3 is 0 Å². The Morgan fingerprint density at radius 1 is 1.31 bits per heavy atom. The van der Waals surface area contributed by atoms with Gasteiger partial charge in [0.2, 0.25) is 0 Å². The molecular formula is C7H15NO5. The lowest BCUT2D eigenvalue weighted by Gasteiger charge is -2.38. The smallest absolute Gasteiger partial charge is 0.161 e. The molecule has 4 atom stereocenters. The second kappa shape index (κ2) is 4.32. The van der Waals surface area contributed by atoms with E-state index < -0.39 is 24.5 Å². The number of hydrogen-bond acceptors (Lipinski definition) is 6. The maximum absolute atomic E-state index is 9.45. The molecule has 1 saturated heterocycles. The Morgan fingerprint density at radius 3 is 2.46 bits per heavy atom. The van der Waals surface area contributed by atoms with Gasteiger partial charge in [0, 0.05) is 7.05 Å². The Morgan fingerprint density at radius 2 is 1.92 bits per heavy atom. The molecule has 2 unspecified atom stereocenters. The number of hydroxylamine groups is 2. The Kier molecular flexibility index (Phi) is 3.60. The van der Waals surface area contributed by atoms with Crippen LogP contribution in [0.3, 0.4) is 0 Å². The van der Waals surface area contributed by atoms with E-state index >= 15 is 0 Å². The molecule has 0 aromatic heterocycles. The SMILES string of the molecule is CON(C)[C@@H]1OC[C@H](O)C(O)C1O. The van der Waals surface area contributed by atoms with Crippen molar-refractivity contribution in [2.75, 3.05) is 20.8 Å². The number of rotatable bonds is 2. The lowest BCUT2D eigenvalue weighted by molar-refractivity contribution is -0.296. The normalized spacial score (nSPS) is 41.1. The first-order chi connectivity index (χ1) is 6.07. The zero-order valence-electron chi connectivity index (χ0n) is 7.62. The van der Waals surface area contributed by atoms with Crippen molar-refractivity contribution < 1.29 is 24.9 Å². The number of aliphatic hydroxyl groups is 3. The van der Waals surface area contributed by atoms with Gasteiger partial charge in [0.15, 0.2) is 6.23 Å². The van der Waals surface area contributed by atoms with Crippen LogP contribution in [-0.4, -0.2) is 65.7 Å². The number of hydrogen-bond donors (Lipinski definition) is 3. The second-order valence-electron chi connectivity index (χ2n) is 3.00. The first-order valence-electron chi connectivity index (χ1n) is 4.00. The van der Waals surface area contributed by atoms with E-state index in [0.29, 0.717) is 0 Å². The largest absolute Gasteiger partial charge is 0.388 e. The average molecular weight is 193 g/mol. The van der Waals surface area contributed by atoms with E-state index in [1.165, 1.54) is 12.2 Å². The minimum absolute atomic E-state index is 0.0173. The van der Waals surface area contributed by atoms with Crippen LogP contribution in [0.4, 0.5) is 0 Å². The van der Waals surface area contributed by atoms with Gasteiger partial charge in [-0.2, -0.15) is 5.06 Å². The summed E-state index contributed by atoms with van der Waals surface area (Å²) in [4.78, 5) is 4.80. The second-order valence-corrected chi connectivity index (χ2v) is 3.00. The Labute approximate surface area is 76.2 Å². The zero-order chi connectivity index (χ0) is 10.0. The molecule has 0 radical (unpaired) electrons. The van der Waals surface area contributed by atoms with Gasteiger partial charge in [0.25, 0.3) is 0 Å². The molecule has 6 nitrogen and oxygen atoms in total. The number of likely N-dealkylation sites (N-methyl/N-ethyl adjacent to an activating group) is 1. The van der Waals surface area contributed by atoms with Crippen molar-refractivity contribution >= 4 is 0 Å². The van der Waals surface area contributed by atoms with Gasteiger partial charge in [-0.25, -0.2) is 0 Å². The summed E-state index contributed by atoms with van der Waals surface area (Å²) in [5.74, 6) is 0. The third-order valence-electron chi connectivity index (χ3n) is 2.12. The van der Waals surface area contributed by atoms with Gasteiger partial charge in [0.1, 0.15) is 18.3 Å². The maximum atomic E-state index is 9.45. The van der Waals surface area contributed by atoms with Crippen LogP contribution < -0.4 is 0 Å². The highest BCUT2D eigenvalue weighted by molar-refractivity contribution is 4.84. The quantitative estimate of drug-likeness (QED) is 0.437. The summed E-state index contributed by atoms with van der Waals surface area (Å²) in [6.07, 6.45) is -4.16. The van der Waals surface area contributed by atoms with Gasteiger partial charge < -0.3 is 20.1 Å². The van der Waals surface area contributed by atoms with Gasteiger partial charge in [-0.15, -0.1) is 0 Å². The average Bonchev–Trinajstić information content (AvgIpc) is 2.13. The first kappa shape index (κ1) is 10.8. The highest BCUT2D eigenvalue weighted by Crippen LogP contribution is 2.17. The van der Waals surface area contributed by atoms with Crippen molar-refractivity contribution in [2.24, 2.45) is 0 Å². The highest BCUT2D eigenvalue weighted by atomic mass is 16.7.